The quantitative estimate of drug-likeness (QED) is 0.816. The van der Waals surface area contributed by atoms with Gasteiger partial charge in [-0.15, -0.1) is 3.89 Å². The summed E-state index contributed by atoms with van der Waals surface area (Å²) in [5.41, 5.74) is 6.88. The van der Waals surface area contributed by atoms with E-state index in [4.69, 9.17) is 5.73 Å². The Morgan fingerprint density at radius 2 is 2.25 bits per heavy atom. The van der Waals surface area contributed by atoms with E-state index in [9.17, 15) is 17.1 Å². The number of anilines is 2. The molecule has 0 saturated carbocycles. The van der Waals surface area contributed by atoms with Crippen LogP contribution in [0.5, 0.6) is 0 Å². The van der Waals surface area contributed by atoms with Gasteiger partial charge in [-0.25, -0.2) is 4.98 Å². The predicted molar refractivity (Wildman–Crippen MR) is 76.4 cm³/mol. The number of rotatable bonds is 3. The highest BCUT2D eigenvalue weighted by atomic mass is 79.9. The molecule has 1 aliphatic heterocycles. The molecule has 1 aliphatic rings. The van der Waals surface area contributed by atoms with E-state index in [2.05, 4.69) is 20.9 Å². The maximum atomic E-state index is 12.7. The van der Waals surface area contributed by atoms with Gasteiger partial charge in [-0.2, -0.15) is 8.42 Å². The Balaban J connectivity index is 2.26. The summed E-state index contributed by atoms with van der Waals surface area (Å²) in [4.78, 5) is 17.4. The number of aromatic nitrogens is 1. The molecule has 1 amide bonds. The number of carbonyl (C=O) groups is 1. The first-order valence-corrected chi connectivity index (χ1v) is 8.17. The Kier molecular flexibility index (Phi) is 4.01. The van der Waals surface area contributed by atoms with Gasteiger partial charge in [-0.05, 0) is 28.9 Å². The molecule has 1 aromatic rings. The van der Waals surface area contributed by atoms with E-state index in [1.165, 1.54) is 4.90 Å². The van der Waals surface area contributed by atoms with Gasteiger partial charge in [0.1, 0.15) is 5.82 Å². The summed E-state index contributed by atoms with van der Waals surface area (Å²) in [6.45, 7) is 1.87. The van der Waals surface area contributed by atoms with Crippen molar-refractivity contribution in [3.8, 4) is 0 Å². The Labute approximate surface area is 124 Å². The fourth-order valence-corrected chi connectivity index (χ4v) is 3.31. The molecule has 1 atom stereocenters. The van der Waals surface area contributed by atoms with E-state index in [0.717, 1.165) is 0 Å². The second-order valence-electron chi connectivity index (χ2n) is 4.74. The summed E-state index contributed by atoms with van der Waals surface area (Å²) in [5, 5.41) is 0. The first-order valence-electron chi connectivity index (χ1n) is 5.82. The maximum Gasteiger partial charge on any atom is 0.302 e. The van der Waals surface area contributed by atoms with E-state index in [1.807, 2.05) is 0 Å². The molecular weight excluding hydrogens is 353 g/mol. The number of aryl methyl sites for hydroxylation is 1. The third-order valence-corrected chi connectivity index (χ3v) is 4.76. The summed E-state index contributed by atoms with van der Waals surface area (Å²) >= 11 is 3.30. The molecule has 9 heteroatoms. The third kappa shape index (κ3) is 3.26. The first kappa shape index (κ1) is 15.2. The monoisotopic (exact) mass is 365 g/mol. The van der Waals surface area contributed by atoms with Crippen molar-refractivity contribution in [3.05, 3.63) is 16.2 Å². The number of pyridine rings is 1. The summed E-state index contributed by atoms with van der Waals surface area (Å²) in [6.07, 6.45) is -0.0198. The van der Waals surface area contributed by atoms with Crippen molar-refractivity contribution in [2.24, 2.45) is 5.92 Å². The van der Waals surface area contributed by atoms with Crippen LogP contribution in [0.1, 0.15) is 12.1 Å². The number of halogens is 2. The Morgan fingerprint density at radius 3 is 2.85 bits per heavy atom. The van der Waals surface area contributed by atoms with E-state index >= 15 is 0 Å². The van der Waals surface area contributed by atoms with Crippen LogP contribution in [0, 0.1) is 12.8 Å². The highest BCUT2D eigenvalue weighted by Gasteiger charge is 2.34. The highest BCUT2D eigenvalue weighted by Crippen LogP contribution is 2.32. The van der Waals surface area contributed by atoms with Gasteiger partial charge in [0.05, 0.1) is 17.1 Å². The van der Waals surface area contributed by atoms with Crippen molar-refractivity contribution < 1.29 is 17.1 Å². The SMILES string of the molecule is Cc1nc(N)c(N2CC(CS(=O)(=O)F)CC2=O)cc1Br. The van der Waals surface area contributed by atoms with Crippen LogP contribution < -0.4 is 10.6 Å². The molecule has 1 saturated heterocycles. The average molecular weight is 366 g/mol. The lowest BCUT2D eigenvalue weighted by Gasteiger charge is -2.19. The number of nitrogen functional groups attached to an aromatic ring is 1. The van der Waals surface area contributed by atoms with Crippen LogP contribution in [0.3, 0.4) is 0 Å². The van der Waals surface area contributed by atoms with Gasteiger partial charge >= 0.3 is 10.2 Å². The van der Waals surface area contributed by atoms with Crippen LogP contribution in [-0.2, 0) is 15.0 Å². The largest absolute Gasteiger partial charge is 0.382 e. The summed E-state index contributed by atoms with van der Waals surface area (Å²) in [7, 11) is -4.60. The molecule has 0 aromatic carbocycles. The van der Waals surface area contributed by atoms with Crippen LogP contribution in [0.25, 0.3) is 0 Å². The number of carbonyl (C=O) groups excluding carboxylic acids is 1. The lowest BCUT2D eigenvalue weighted by Crippen LogP contribution is -2.26. The minimum absolute atomic E-state index is 0.0198. The van der Waals surface area contributed by atoms with Gasteiger partial charge < -0.3 is 10.6 Å². The summed E-state index contributed by atoms with van der Waals surface area (Å²) in [6, 6.07) is 1.65. The fraction of sp³-hybridized carbons (Fsp3) is 0.455. The standard InChI is InChI=1S/C11H13BrFN3O3S/c1-6-8(12)3-9(11(14)15-6)16-4-7(2-10(16)17)5-20(13,18)19/h3,7H,2,4-5H2,1H3,(H2,14,15). The second kappa shape index (κ2) is 5.28. The summed E-state index contributed by atoms with van der Waals surface area (Å²) < 4.78 is 34.7. The molecule has 0 aliphatic carbocycles. The lowest BCUT2D eigenvalue weighted by molar-refractivity contribution is -0.117. The minimum Gasteiger partial charge on any atom is -0.382 e. The van der Waals surface area contributed by atoms with Crippen LogP contribution in [0.15, 0.2) is 10.5 Å². The second-order valence-corrected chi connectivity index (χ2v) is 7.01. The van der Waals surface area contributed by atoms with E-state index in [-0.39, 0.29) is 24.7 Å². The smallest absolute Gasteiger partial charge is 0.302 e. The Morgan fingerprint density at radius 1 is 1.60 bits per heavy atom. The van der Waals surface area contributed by atoms with E-state index in [1.54, 1.807) is 13.0 Å². The van der Waals surface area contributed by atoms with Crippen molar-refractivity contribution in [1.29, 1.82) is 0 Å². The molecule has 2 rings (SSSR count). The van der Waals surface area contributed by atoms with Gasteiger partial charge in [0.15, 0.2) is 0 Å². The van der Waals surface area contributed by atoms with E-state index < -0.39 is 21.9 Å². The predicted octanol–water partition coefficient (Wildman–Crippen LogP) is 1.39. The normalized spacial score (nSPS) is 19.6. The first-order chi connectivity index (χ1) is 9.17. The van der Waals surface area contributed by atoms with Crippen molar-refractivity contribution in [1.82, 2.24) is 4.98 Å². The molecular formula is C11H13BrFN3O3S. The lowest BCUT2D eigenvalue weighted by atomic mass is 10.1. The van der Waals surface area contributed by atoms with Crippen LogP contribution >= 0.6 is 15.9 Å². The molecule has 0 radical (unpaired) electrons. The van der Waals surface area contributed by atoms with Crippen LogP contribution in [0.2, 0.25) is 0 Å². The Bertz CT molecular complexity index is 665. The minimum atomic E-state index is -4.60. The van der Waals surface area contributed by atoms with Crippen molar-refractivity contribution in [2.45, 2.75) is 13.3 Å². The number of hydrogen-bond donors (Lipinski definition) is 1. The molecule has 20 heavy (non-hydrogen) atoms. The molecule has 1 fully saturated rings. The van der Waals surface area contributed by atoms with Gasteiger partial charge in [-0.1, -0.05) is 0 Å². The van der Waals surface area contributed by atoms with Gasteiger partial charge in [0.2, 0.25) is 5.91 Å². The molecule has 1 unspecified atom stereocenters. The van der Waals surface area contributed by atoms with Crippen LogP contribution in [-0.4, -0.2) is 31.6 Å². The molecule has 2 heterocycles. The van der Waals surface area contributed by atoms with Gasteiger partial charge in [0, 0.05) is 23.4 Å². The Hall–Kier alpha value is -1.22. The van der Waals surface area contributed by atoms with Crippen molar-refractivity contribution in [2.75, 3.05) is 22.9 Å². The fourth-order valence-electron chi connectivity index (χ4n) is 2.21. The van der Waals surface area contributed by atoms with Crippen molar-refractivity contribution >= 4 is 43.6 Å². The van der Waals surface area contributed by atoms with Gasteiger partial charge in [-0.3, -0.25) is 4.79 Å². The molecule has 110 valence electrons. The highest BCUT2D eigenvalue weighted by molar-refractivity contribution is 9.10. The molecule has 0 spiro atoms. The average Bonchev–Trinajstić information content (AvgIpc) is 2.62. The molecule has 2 N–H and O–H groups in total. The molecule has 1 aromatic heterocycles. The van der Waals surface area contributed by atoms with Crippen molar-refractivity contribution in [3.63, 3.8) is 0 Å². The zero-order valence-corrected chi connectivity index (χ0v) is 13.0. The van der Waals surface area contributed by atoms with E-state index in [0.29, 0.717) is 15.9 Å². The number of hydrogen-bond acceptors (Lipinski definition) is 5. The van der Waals surface area contributed by atoms with Gasteiger partial charge in [0.25, 0.3) is 0 Å². The zero-order valence-electron chi connectivity index (χ0n) is 10.6. The molecule has 0 bridgehead atoms. The summed E-state index contributed by atoms with van der Waals surface area (Å²) in [5.74, 6) is -1.34. The van der Waals surface area contributed by atoms with Crippen LogP contribution in [0.4, 0.5) is 15.4 Å². The zero-order chi connectivity index (χ0) is 15.1. The third-order valence-electron chi connectivity index (χ3n) is 3.09. The topological polar surface area (TPSA) is 93.4 Å². The number of nitrogens with zero attached hydrogens (tertiary/aromatic N) is 2. The molecule has 6 nitrogen and oxygen atoms in total. The number of nitrogens with two attached hydrogens (primary N) is 1. The maximum absolute atomic E-state index is 12.7. The number of amides is 1.